The van der Waals surface area contributed by atoms with E-state index in [0.717, 1.165) is 19.0 Å². The Bertz CT molecular complexity index is 421. The Labute approximate surface area is 98.0 Å². The van der Waals surface area contributed by atoms with Gasteiger partial charge in [0.05, 0.1) is 12.7 Å². The van der Waals surface area contributed by atoms with Crippen LogP contribution in [0.5, 0.6) is 0 Å². The van der Waals surface area contributed by atoms with Crippen LogP contribution in [0, 0.1) is 5.82 Å². The number of rotatable bonds is 5. The van der Waals surface area contributed by atoms with Gasteiger partial charge in [0.2, 0.25) is 11.9 Å². The Morgan fingerprint density at radius 3 is 3.00 bits per heavy atom. The lowest BCUT2D eigenvalue weighted by Crippen LogP contribution is -2.31. The van der Waals surface area contributed by atoms with E-state index in [1.165, 1.54) is 0 Å². The van der Waals surface area contributed by atoms with Crippen LogP contribution in [0.15, 0.2) is 6.20 Å². The number of hydrogen-bond acceptors (Lipinski definition) is 5. The fraction of sp³-hybridized carbons (Fsp3) is 0.500. The Morgan fingerprint density at radius 2 is 2.35 bits per heavy atom. The third-order valence-corrected chi connectivity index (χ3v) is 2.33. The van der Waals surface area contributed by atoms with E-state index in [9.17, 15) is 9.18 Å². The molecule has 0 atom stereocenters. The van der Waals surface area contributed by atoms with E-state index in [0.29, 0.717) is 12.0 Å². The summed E-state index contributed by atoms with van der Waals surface area (Å²) in [6.07, 6.45) is 3.11. The topological polar surface area (TPSA) is 78.9 Å². The first-order valence-electron chi connectivity index (χ1n) is 5.42. The average molecular weight is 239 g/mol. The molecule has 0 bridgehead atoms. The van der Waals surface area contributed by atoms with Crippen molar-refractivity contribution in [1.29, 1.82) is 0 Å². The van der Waals surface area contributed by atoms with Crippen molar-refractivity contribution < 1.29 is 9.18 Å². The molecule has 0 aliphatic heterocycles. The first-order valence-corrected chi connectivity index (χ1v) is 5.42. The van der Waals surface area contributed by atoms with E-state index < -0.39 is 5.82 Å². The minimum absolute atomic E-state index is 0.00753. The number of halogens is 1. The minimum Gasteiger partial charge on any atom is -0.358 e. The summed E-state index contributed by atoms with van der Waals surface area (Å²) in [6.45, 7) is 0.00753. The van der Waals surface area contributed by atoms with Gasteiger partial charge in [0.1, 0.15) is 0 Å². The molecule has 6 nitrogen and oxygen atoms in total. The van der Waals surface area contributed by atoms with Crippen LogP contribution >= 0.6 is 0 Å². The zero-order valence-electron chi connectivity index (χ0n) is 9.46. The van der Waals surface area contributed by atoms with E-state index in [1.807, 2.05) is 0 Å². The van der Waals surface area contributed by atoms with Crippen LogP contribution in [0.25, 0.3) is 0 Å². The molecule has 0 unspecified atom stereocenters. The molecule has 1 aliphatic rings. The number of hydrogen-bond donors (Lipinski definition) is 3. The van der Waals surface area contributed by atoms with Crippen molar-refractivity contribution in [3.63, 3.8) is 0 Å². The third-order valence-electron chi connectivity index (χ3n) is 2.33. The maximum Gasteiger partial charge on any atom is 0.239 e. The normalized spacial score (nSPS) is 14.2. The first kappa shape index (κ1) is 11.6. The molecule has 17 heavy (non-hydrogen) atoms. The Morgan fingerprint density at radius 1 is 1.59 bits per heavy atom. The van der Waals surface area contributed by atoms with Gasteiger partial charge in [-0.3, -0.25) is 4.79 Å². The van der Waals surface area contributed by atoms with Gasteiger partial charge in [-0.05, 0) is 12.8 Å². The number of anilines is 2. The van der Waals surface area contributed by atoms with Crippen LogP contribution < -0.4 is 16.0 Å². The summed E-state index contributed by atoms with van der Waals surface area (Å²) in [7, 11) is 1.64. The van der Waals surface area contributed by atoms with Gasteiger partial charge in [0, 0.05) is 13.1 Å². The summed E-state index contributed by atoms with van der Waals surface area (Å²) < 4.78 is 13.3. The average Bonchev–Trinajstić information content (AvgIpc) is 3.12. The maximum absolute atomic E-state index is 13.3. The molecule has 3 N–H and O–H groups in total. The van der Waals surface area contributed by atoms with Gasteiger partial charge in [-0.25, -0.2) is 9.37 Å². The van der Waals surface area contributed by atoms with Gasteiger partial charge < -0.3 is 16.0 Å². The molecule has 0 saturated heterocycles. The smallest absolute Gasteiger partial charge is 0.239 e. The lowest BCUT2D eigenvalue weighted by atomic mass is 10.5. The standard InChI is InChI=1S/C10H14FN5O/c1-12-10-14-4-7(11)9(16-10)13-5-8(17)15-6-2-3-6/h4,6H,2-3,5H2,1H3,(H,15,17)(H2,12,13,14,16). The molecular formula is C10H14FN5O. The minimum atomic E-state index is -0.580. The first-order chi connectivity index (χ1) is 8.19. The summed E-state index contributed by atoms with van der Waals surface area (Å²) in [4.78, 5) is 19.0. The molecule has 1 fully saturated rings. The predicted molar refractivity (Wildman–Crippen MR) is 61.2 cm³/mol. The van der Waals surface area contributed by atoms with Crippen molar-refractivity contribution >= 4 is 17.7 Å². The monoisotopic (exact) mass is 239 g/mol. The van der Waals surface area contributed by atoms with E-state index in [1.54, 1.807) is 7.05 Å². The SMILES string of the molecule is CNc1ncc(F)c(NCC(=O)NC2CC2)n1. The van der Waals surface area contributed by atoms with Gasteiger partial charge in [0.25, 0.3) is 0 Å². The molecule has 2 rings (SSSR count). The van der Waals surface area contributed by atoms with Crippen LogP contribution in [0.4, 0.5) is 16.2 Å². The second-order valence-electron chi connectivity index (χ2n) is 3.84. The van der Waals surface area contributed by atoms with Crippen LogP contribution in [0.1, 0.15) is 12.8 Å². The van der Waals surface area contributed by atoms with E-state index >= 15 is 0 Å². The Kier molecular flexibility index (Phi) is 3.36. The Hall–Kier alpha value is -1.92. The zero-order valence-corrected chi connectivity index (χ0v) is 9.46. The summed E-state index contributed by atoms with van der Waals surface area (Å²) in [5.74, 6) is -0.411. The second-order valence-corrected chi connectivity index (χ2v) is 3.84. The molecule has 1 aliphatic carbocycles. The fourth-order valence-electron chi connectivity index (χ4n) is 1.28. The third kappa shape index (κ3) is 3.27. The van der Waals surface area contributed by atoms with Gasteiger partial charge in [0.15, 0.2) is 11.6 Å². The second kappa shape index (κ2) is 4.94. The largest absolute Gasteiger partial charge is 0.358 e. The molecule has 1 amide bonds. The predicted octanol–water partition coefficient (Wildman–Crippen LogP) is 0.348. The molecule has 1 saturated carbocycles. The van der Waals surface area contributed by atoms with Crippen LogP contribution in [0.2, 0.25) is 0 Å². The zero-order chi connectivity index (χ0) is 12.3. The lowest BCUT2D eigenvalue weighted by Gasteiger charge is -2.07. The van der Waals surface area contributed by atoms with Crippen LogP contribution in [0.3, 0.4) is 0 Å². The van der Waals surface area contributed by atoms with Gasteiger partial charge in [-0.1, -0.05) is 0 Å². The molecule has 1 aromatic heterocycles. The van der Waals surface area contributed by atoms with Crippen molar-refractivity contribution in [1.82, 2.24) is 15.3 Å². The quantitative estimate of drug-likeness (QED) is 0.691. The van der Waals surface area contributed by atoms with E-state index in [4.69, 9.17) is 0 Å². The number of carbonyl (C=O) groups excluding carboxylic acids is 1. The lowest BCUT2D eigenvalue weighted by molar-refractivity contribution is -0.119. The van der Waals surface area contributed by atoms with E-state index in [2.05, 4.69) is 25.9 Å². The summed E-state index contributed by atoms with van der Waals surface area (Å²) >= 11 is 0. The van der Waals surface area contributed by atoms with Crippen LogP contribution in [-0.4, -0.2) is 35.5 Å². The summed E-state index contributed by atoms with van der Waals surface area (Å²) in [5.41, 5.74) is 0. The van der Waals surface area contributed by atoms with Crippen molar-refractivity contribution in [2.75, 3.05) is 24.2 Å². The van der Waals surface area contributed by atoms with Crippen LogP contribution in [-0.2, 0) is 4.79 Å². The molecule has 1 aromatic rings. The van der Waals surface area contributed by atoms with Crippen molar-refractivity contribution in [3.05, 3.63) is 12.0 Å². The highest BCUT2D eigenvalue weighted by molar-refractivity contribution is 5.81. The number of amides is 1. The molecule has 1 heterocycles. The molecule has 0 radical (unpaired) electrons. The molecule has 0 spiro atoms. The number of aromatic nitrogens is 2. The number of nitrogens with one attached hydrogen (secondary N) is 3. The molecule has 0 aromatic carbocycles. The summed E-state index contributed by atoms with van der Waals surface area (Å²) in [6, 6.07) is 0.299. The van der Waals surface area contributed by atoms with Crippen molar-refractivity contribution in [2.24, 2.45) is 0 Å². The van der Waals surface area contributed by atoms with Gasteiger partial charge in [-0.15, -0.1) is 0 Å². The number of carbonyl (C=O) groups is 1. The maximum atomic E-state index is 13.3. The van der Waals surface area contributed by atoms with E-state index in [-0.39, 0.29) is 18.3 Å². The van der Waals surface area contributed by atoms with Gasteiger partial charge >= 0.3 is 0 Å². The summed E-state index contributed by atoms with van der Waals surface area (Å²) in [5, 5.41) is 8.13. The van der Waals surface area contributed by atoms with Gasteiger partial charge in [-0.2, -0.15) is 4.98 Å². The highest BCUT2D eigenvalue weighted by Crippen LogP contribution is 2.18. The number of nitrogens with zero attached hydrogens (tertiary/aromatic N) is 2. The molecule has 92 valence electrons. The fourth-order valence-corrected chi connectivity index (χ4v) is 1.28. The molecule has 7 heteroatoms. The van der Waals surface area contributed by atoms with Crippen molar-refractivity contribution in [2.45, 2.75) is 18.9 Å². The highest BCUT2D eigenvalue weighted by Gasteiger charge is 2.23. The van der Waals surface area contributed by atoms with Crippen molar-refractivity contribution in [3.8, 4) is 0 Å². The molecular weight excluding hydrogens is 225 g/mol. The highest BCUT2D eigenvalue weighted by atomic mass is 19.1. The Balaban J connectivity index is 1.90.